The zero-order valence-electron chi connectivity index (χ0n) is 12.0. The standard InChI is InChI=1S/C9H8O5.BrH.HI.2K.2Na/c1-4-2-7(10)6(9(13)14)3-5(4)8(11)12;;;;;;/h2-3,10H,1H3,(H,11,12)(H,13,14);2*1H;;;;/q;;;4*+1/p-4. The molecule has 0 unspecified atom stereocenters. The first kappa shape index (κ1) is 39.5. The molecule has 1 aromatic carbocycles. The topological polar surface area (TPSA) is 100 Å². The van der Waals surface area contributed by atoms with Crippen LogP contribution in [-0.4, -0.2) is 17.0 Å². The van der Waals surface area contributed by atoms with Gasteiger partial charge < -0.3 is 61.1 Å². The van der Waals surface area contributed by atoms with Crippen molar-refractivity contribution in [2.45, 2.75) is 6.92 Å². The zero-order chi connectivity index (χ0) is 10.9. The summed E-state index contributed by atoms with van der Waals surface area (Å²) in [4.78, 5) is 21.0. The Hall–Kier alpha value is 4.44. The molecule has 0 spiro atoms. The smallest absolute Gasteiger partial charge is 1.00 e. The Morgan fingerprint density at radius 2 is 1.50 bits per heavy atom. The second-order valence-corrected chi connectivity index (χ2v) is 2.76. The molecule has 0 amide bonds. The van der Waals surface area contributed by atoms with Gasteiger partial charge in [0, 0.05) is 0 Å². The summed E-state index contributed by atoms with van der Waals surface area (Å²) >= 11 is 0. The third kappa shape index (κ3) is 12.8. The maximum atomic E-state index is 11.0. The van der Waals surface area contributed by atoms with Gasteiger partial charge in [0.25, 0.3) is 0 Å². The first-order valence-corrected chi connectivity index (χ1v) is 3.69. The van der Waals surface area contributed by atoms with Crippen LogP contribution in [0.5, 0.6) is 5.75 Å². The molecule has 0 radical (unpaired) electrons. The summed E-state index contributed by atoms with van der Waals surface area (Å²) in [5.41, 5.74) is -0.607. The predicted octanol–water partition coefficient (Wildman–Crippen LogP) is -18.8. The van der Waals surface area contributed by atoms with Crippen molar-refractivity contribution in [3.05, 3.63) is 28.8 Å². The maximum Gasteiger partial charge on any atom is 1.00 e. The Morgan fingerprint density at radius 3 is 1.80 bits per heavy atom. The van der Waals surface area contributed by atoms with Crippen molar-refractivity contribution < 1.29 is 228 Å². The molecule has 0 aliphatic rings. The molecule has 0 bridgehead atoms. The Balaban J connectivity index is -0.0000000817. The molecule has 0 aliphatic carbocycles. The summed E-state index contributed by atoms with van der Waals surface area (Å²) in [6, 6.07) is 1.78. The van der Waals surface area contributed by atoms with E-state index in [2.05, 4.69) is 0 Å². The summed E-state index contributed by atoms with van der Waals surface area (Å²) in [7, 11) is 0. The number of hydrogen-bond donors (Lipinski definition) is 1. The molecule has 5 nitrogen and oxygen atoms in total. The van der Waals surface area contributed by atoms with Gasteiger partial charge in [0.15, 0.2) is 0 Å². The van der Waals surface area contributed by atoms with Gasteiger partial charge in [0.2, 0.25) is 0 Å². The zero-order valence-corrected chi connectivity index (χ0v) is 26.0. The molecule has 1 rings (SSSR count). The normalized spacial score (nSPS) is 6.85. The van der Waals surface area contributed by atoms with Gasteiger partial charge in [0.1, 0.15) is 0 Å². The molecule has 0 saturated carbocycles. The fourth-order valence-corrected chi connectivity index (χ4v) is 1.07. The number of carbonyl (C=O) groups excluding carboxylic acids is 1. The Labute approximate surface area is 274 Å². The van der Waals surface area contributed by atoms with Crippen molar-refractivity contribution in [2.24, 2.45) is 0 Å². The van der Waals surface area contributed by atoms with E-state index in [1.807, 2.05) is 0 Å². The predicted molar refractivity (Wildman–Crippen MR) is 41.9 cm³/mol. The second kappa shape index (κ2) is 19.8. The number of rotatable bonds is 2. The number of benzene rings is 1. The molecule has 0 fully saturated rings. The molecule has 1 aromatic rings. The fraction of sp³-hybridized carbons (Fsp3) is 0.111. The van der Waals surface area contributed by atoms with Crippen LogP contribution in [-0.2, 0) is 0 Å². The van der Waals surface area contributed by atoms with E-state index in [4.69, 9.17) is 5.11 Å². The average molecular weight is 525 g/mol. The minimum Gasteiger partial charge on any atom is -1.00 e. The van der Waals surface area contributed by atoms with E-state index in [1.54, 1.807) is 0 Å². The van der Waals surface area contributed by atoms with E-state index in [-0.39, 0.29) is 214 Å². The third-order valence-corrected chi connectivity index (χ3v) is 1.78. The minimum absolute atomic E-state index is 0. The number of carbonyl (C=O) groups is 2. The molecular formula is C9H6BrIK2Na2O5. The van der Waals surface area contributed by atoms with Gasteiger partial charge >= 0.3 is 168 Å². The molecule has 0 aliphatic heterocycles. The Morgan fingerprint density at radius 1 is 1.10 bits per heavy atom. The van der Waals surface area contributed by atoms with E-state index in [0.29, 0.717) is 0 Å². The maximum absolute atomic E-state index is 11.0. The quantitative estimate of drug-likeness (QED) is 0.306. The number of aryl methyl sites for hydroxylation is 1. The van der Waals surface area contributed by atoms with Crippen molar-refractivity contribution in [2.75, 3.05) is 0 Å². The van der Waals surface area contributed by atoms with Crippen molar-refractivity contribution in [1.29, 1.82) is 0 Å². The molecule has 0 heterocycles. The first-order chi connectivity index (χ1) is 6.43. The molecule has 1 N–H and O–H groups in total. The molecule has 90 valence electrons. The van der Waals surface area contributed by atoms with Gasteiger partial charge in [-0.2, -0.15) is 0 Å². The number of carboxylic acid groups (broad SMARTS) is 2. The number of halogens is 2. The van der Waals surface area contributed by atoms with Gasteiger partial charge in [-0.15, -0.1) is 0 Å². The van der Waals surface area contributed by atoms with Crippen molar-refractivity contribution >= 4 is 11.9 Å². The Kier molecular flexibility index (Phi) is 39.0. The van der Waals surface area contributed by atoms with Gasteiger partial charge in [-0.1, -0.05) is 11.8 Å². The summed E-state index contributed by atoms with van der Waals surface area (Å²) in [6.07, 6.45) is 0. The van der Waals surface area contributed by atoms with Crippen LogP contribution in [0.15, 0.2) is 12.1 Å². The largest absolute Gasteiger partial charge is 1.00 e. The van der Waals surface area contributed by atoms with E-state index in [0.717, 1.165) is 12.1 Å². The van der Waals surface area contributed by atoms with Crippen LogP contribution in [0.2, 0.25) is 0 Å². The third-order valence-electron chi connectivity index (χ3n) is 1.78. The number of aromatic carboxylic acids is 2. The number of carboxylic acids is 2. The fourth-order valence-electron chi connectivity index (χ4n) is 1.07. The monoisotopic (exact) mass is 524 g/mol. The van der Waals surface area contributed by atoms with Crippen LogP contribution in [0.3, 0.4) is 0 Å². The van der Waals surface area contributed by atoms with Crippen LogP contribution in [0.4, 0.5) is 0 Å². The summed E-state index contributed by atoms with van der Waals surface area (Å²) in [5, 5.41) is 30.1. The van der Waals surface area contributed by atoms with Gasteiger partial charge in [-0.3, -0.25) is 0 Å². The van der Waals surface area contributed by atoms with Crippen LogP contribution in [0, 0.1) is 6.92 Å². The SMILES string of the molecule is Cc1cc([O-])c(C(=O)[O-])cc1C(=O)O.[Br-].[I-].[K+].[K+].[Na+].[Na+]. The second-order valence-electron chi connectivity index (χ2n) is 2.76. The van der Waals surface area contributed by atoms with Gasteiger partial charge in [-0.05, 0) is 24.1 Å². The van der Waals surface area contributed by atoms with E-state index < -0.39 is 23.3 Å². The summed E-state index contributed by atoms with van der Waals surface area (Å²) in [6.45, 7) is 1.42. The average Bonchev–Trinajstić information content (AvgIpc) is 2.02. The molecule has 0 aromatic heterocycles. The Bertz CT molecular complexity index is 402. The van der Waals surface area contributed by atoms with Crippen LogP contribution >= 0.6 is 0 Å². The summed E-state index contributed by atoms with van der Waals surface area (Å²) in [5.74, 6) is -3.69. The van der Waals surface area contributed by atoms with E-state index >= 15 is 0 Å². The van der Waals surface area contributed by atoms with Gasteiger partial charge in [0.05, 0.1) is 11.5 Å². The molecule has 20 heavy (non-hydrogen) atoms. The minimum atomic E-state index is -1.67. The van der Waals surface area contributed by atoms with Crippen LogP contribution in [0.1, 0.15) is 26.3 Å². The van der Waals surface area contributed by atoms with Crippen LogP contribution < -0.4 is 213 Å². The molecule has 0 atom stereocenters. The van der Waals surface area contributed by atoms with Crippen molar-refractivity contribution in [1.82, 2.24) is 0 Å². The van der Waals surface area contributed by atoms with E-state index in [1.165, 1.54) is 6.92 Å². The molecule has 0 saturated heterocycles. The summed E-state index contributed by atoms with van der Waals surface area (Å²) < 4.78 is 0. The van der Waals surface area contributed by atoms with Gasteiger partial charge in [-0.25, -0.2) is 4.79 Å². The molecular weight excluding hydrogens is 519 g/mol. The number of hydrogen-bond acceptors (Lipinski definition) is 4. The molecule has 11 heteroatoms. The van der Waals surface area contributed by atoms with Crippen LogP contribution in [0.25, 0.3) is 0 Å². The van der Waals surface area contributed by atoms with Crippen molar-refractivity contribution in [3.63, 3.8) is 0 Å². The first-order valence-electron chi connectivity index (χ1n) is 3.69. The van der Waals surface area contributed by atoms with Crippen molar-refractivity contribution in [3.8, 4) is 5.75 Å². The van der Waals surface area contributed by atoms with E-state index in [9.17, 15) is 19.8 Å².